The maximum atomic E-state index is 11.0. The normalized spacial score (nSPS) is 12.2. The molecule has 106 valence electrons. The molecular formula is C14H15NO4S. The number of thiophene rings is 1. The molecule has 0 saturated carbocycles. The molecule has 1 aromatic carbocycles. The summed E-state index contributed by atoms with van der Waals surface area (Å²) in [5.41, 5.74) is 1.93. The first kappa shape index (κ1) is 14.5. The summed E-state index contributed by atoms with van der Waals surface area (Å²) in [4.78, 5) is 11.0. The molecule has 0 spiro atoms. The second-order valence-corrected chi connectivity index (χ2v) is 5.73. The van der Waals surface area contributed by atoms with E-state index < -0.39 is 11.0 Å². The smallest absolute Gasteiger partial charge is 0.323 e. The summed E-state index contributed by atoms with van der Waals surface area (Å²) >= 11 is 1.09. The Hall–Kier alpha value is -1.92. The number of aliphatic hydroxyl groups excluding tert-OH is 1. The van der Waals surface area contributed by atoms with Crippen molar-refractivity contribution < 1.29 is 14.8 Å². The number of nitro groups is 1. The number of aryl methyl sites for hydroxylation is 2. The van der Waals surface area contributed by atoms with E-state index in [4.69, 9.17) is 4.74 Å². The highest BCUT2D eigenvalue weighted by Crippen LogP contribution is 2.42. The second-order valence-electron chi connectivity index (χ2n) is 4.68. The van der Waals surface area contributed by atoms with Crippen molar-refractivity contribution in [2.45, 2.75) is 26.9 Å². The Kier molecular flexibility index (Phi) is 4.06. The molecule has 6 heteroatoms. The largest absolute Gasteiger partial charge is 0.440 e. The summed E-state index contributed by atoms with van der Waals surface area (Å²) in [6.45, 7) is 5.43. The number of ether oxygens (including phenoxy) is 1. The van der Waals surface area contributed by atoms with Gasteiger partial charge in [0.15, 0.2) is 0 Å². The number of benzene rings is 1. The van der Waals surface area contributed by atoms with Gasteiger partial charge in [0.2, 0.25) is 0 Å². The molecule has 1 atom stereocenters. The molecule has 0 amide bonds. The molecule has 0 unspecified atom stereocenters. The van der Waals surface area contributed by atoms with Gasteiger partial charge in [-0.3, -0.25) is 10.1 Å². The predicted molar refractivity (Wildman–Crippen MR) is 77.6 cm³/mol. The molecule has 0 aliphatic carbocycles. The minimum atomic E-state index is -0.754. The lowest BCUT2D eigenvalue weighted by molar-refractivity contribution is -0.385. The lowest BCUT2D eigenvalue weighted by Crippen LogP contribution is -1.90. The first-order valence-corrected chi connectivity index (χ1v) is 6.91. The quantitative estimate of drug-likeness (QED) is 0.680. The van der Waals surface area contributed by atoms with Crippen LogP contribution in [0.2, 0.25) is 0 Å². The summed E-state index contributed by atoms with van der Waals surface area (Å²) in [6.07, 6.45) is -0.754. The molecule has 0 aliphatic rings. The van der Waals surface area contributed by atoms with Gasteiger partial charge < -0.3 is 9.84 Å². The fourth-order valence-corrected chi connectivity index (χ4v) is 2.82. The van der Waals surface area contributed by atoms with Crippen molar-refractivity contribution in [1.29, 1.82) is 0 Å². The minimum Gasteiger partial charge on any atom is -0.440 e. The van der Waals surface area contributed by atoms with Gasteiger partial charge in [-0.05, 0) is 44.0 Å². The summed E-state index contributed by atoms with van der Waals surface area (Å²) < 4.78 is 5.63. The lowest BCUT2D eigenvalue weighted by atomic mass is 10.1. The van der Waals surface area contributed by atoms with Gasteiger partial charge in [0, 0.05) is 10.9 Å². The van der Waals surface area contributed by atoms with E-state index in [1.54, 1.807) is 6.92 Å². The number of rotatable bonds is 4. The van der Waals surface area contributed by atoms with E-state index in [0.717, 1.165) is 22.5 Å². The van der Waals surface area contributed by atoms with Gasteiger partial charge in [-0.1, -0.05) is 17.4 Å². The molecule has 0 saturated heterocycles. The first-order chi connectivity index (χ1) is 9.36. The van der Waals surface area contributed by atoms with E-state index in [1.165, 1.54) is 6.07 Å². The zero-order valence-corrected chi connectivity index (χ0v) is 12.2. The molecule has 2 rings (SSSR count). The number of nitrogens with zero attached hydrogens (tertiary/aromatic N) is 1. The Balaban J connectivity index is 2.39. The summed E-state index contributed by atoms with van der Waals surface area (Å²) in [5, 5.41) is 20.8. The SMILES string of the molecule is Cc1cc(C)cc(Oc2sc([C@@H](C)O)cc2[N+](=O)[O-])c1. The summed E-state index contributed by atoms with van der Waals surface area (Å²) in [5.74, 6) is 0.560. The van der Waals surface area contributed by atoms with Crippen molar-refractivity contribution in [3.05, 3.63) is 50.4 Å². The predicted octanol–water partition coefficient (Wildman–Crippen LogP) is 4.12. The molecule has 1 heterocycles. The highest BCUT2D eigenvalue weighted by Gasteiger charge is 2.23. The molecule has 0 radical (unpaired) electrons. The van der Waals surface area contributed by atoms with Crippen LogP contribution in [0.15, 0.2) is 24.3 Å². The Morgan fingerprint density at radius 2 is 1.85 bits per heavy atom. The lowest BCUT2D eigenvalue weighted by Gasteiger charge is -2.05. The van der Waals surface area contributed by atoms with Crippen LogP contribution >= 0.6 is 11.3 Å². The van der Waals surface area contributed by atoms with Gasteiger partial charge >= 0.3 is 5.69 Å². The van der Waals surface area contributed by atoms with Crippen LogP contribution in [-0.2, 0) is 0 Å². The van der Waals surface area contributed by atoms with Crippen molar-refractivity contribution in [2.75, 3.05) is 0 Å². The minimum absolute atomic E-state index is 0.120. The number of aliphatic hydroxyl groups is 1. The highest BCUT2D eigenvalue weighted by molar-refractivity contribution is 7.14. The fourth-order valence-electron chi connectivity index (χ4n) is 1.89. The van der Waals surface area contributed by atoms with E-state index in [9.17, 15) is 15.2 Å². The molecular weight excluding hydrogens is 278 g/mol. The van der Waals surface area contributed by atoms with Gasteiger partial charge in [-0.15, -0.1) is 0 Å². The zero-order valence-electron chi connectivity index (χ0n) is 11.4. The first-order valence-electron chi connectivity index (χ1n) is 6.09. The standard InChI is InChI=1S/C14H15NO4S/c1-8-4-9(2)6-11(5-8)19-14-12(15(17)18)7-13(20-14)10(3)16/h4-7,10,16H,1-3H3/t10-/m1/s1. The maximum absolute atomic E-state index is 11.0. The van der Waals surface area contributed by atoms with Crippen LogP contribution < -0.4 is 4.74 Å². The van der Waals surface area contributed by atoms with Gasteiger partial charge in [-0.2, -0.15) is 0 Å². The van der Waals surface area contributed by atoms with Gasteiger partial charge in [0.1, 0.15) is 5.75 Å². The van der Waals surface area contributed by atoms with E-state index in [-0.39, 0.29) is 10.8 Å². The van der Waals surface area contributed by atoms with E-state index in [2.05, 4.69) is 0 Å². The third-order valence-electron chi connectivity index (χ3n) is 2.71. The fraction of sp³-hybridized carbons (Fsp3) is 0.286. The van der Waals surface area contributed by atoms with Crippen molar-refractivity contribution in [3.63, 3.8) is 0 Å². The van der Waals surface area contributed by atoms with Crippen molar-refractivity contribution in [2.24, 2.45) is 0 Å². The van der Waals surface area contributed by atoms with Crippen LogP contribution in [0.1, 0.15) is 29.0 Å². The van der Waals surface area contributed by atoms with E-state index in [0.29, 0.717) is 10.6 Å². The van der Waals surface area contributed by atoms with Gasteiger partial charge in [0.05, 0.1) is 11.0 Å². The van der Waals surface area contributed by atoms with Crippen LogP contribution in [0.4, 0.5) is 5.69 Å². The van der Waals surface area contributed by atoms with E-state index >= 15 is 0 Å². The van der Waals surface area contributed by atoms with E-state index in [1.807, 2.05) is 32.0 Å². The molecule has 5 nitrogen and oxygen atoms in total. The Morgan fingerprint density at radius 3 is 2.35 bits per heavy atom. The Labute approximate surface area is 120 Å². The van der Waals surface area contributed by atoms with Gasteiger partial charge in [-0.25, -0.2) is 0 Å². The van der Waals surface area contributed by atoms with Crippen LogP contribution in [0.25, 0.3) is 0 Å². The van der Waals surface area contributed by atoms with Crippen LogP contribution in [0, 0.1) is 24.0 Å². The van der Waals surface area contributed by atoms with Crippen molar-refractivity contribution in [3.8, 4) is 10.8 Å². The second kappa shape index (κ2) is 5.60. The third-order valence-corrected chi connectivity index (χ3v) is 3.89. The van der Waals surface area contributed by atoms with Crippen molar-refractivity contribution in [1.82, 2.24) is 0 Å². The van der Waals surface area contributed by atoms with Crippen molar-refractivity contribution >= 4 is 17.0 Å². The molecule has 0 aliphatic heterocycles. The highest BCUT2D eigenvalue weighted by atomic mass is 32.1. The van der Waals surface area contributed by atoms with Crippen LogP contribution in [0.3, 0.4) is 0 Å². The topological polar surface area (TPSA) is 72.6 Å². The summed E-state index contributed by atoms with van der Waals surface area (Å²) in [6, 6.07) is 6.99. The van der Waals surface area contributed by atoms with Gasteiger partial charge in [0.25, 0.3) is 5.06 Å². The maximum Gasteiger partial charge on any atom is 0.323 e. The average Bonchev–Trinajstić information content (AvgIpc) is 2.71. The monoisotopic (exact) mass is 293 g/mol. The molecule has 1 N–H and O–H groups in total. The zero-order chi connectivity index (χ0) is 14.9. The Bertz CT molecular complexity index is 628. The average molecular weight is 293 g/mol. The summed E-state index contributed by atoms with van der Waals surface area (Å²) in [7, 11) is 0. The number of hydrogen-bond acceptors (Lipinski definition) is 5. The van der Waals surface area contributed by atoms with Crippen LogP contribution in [0.5, 0.6) is 10.8 Å². The molecule has 0 bridgehead atoms. The molecule has 1 aromatic heterocycles. The molecule has 0 fully saturated rings. The van der Waals surface area contributed by atoms with Crippen LogP contribution in [-0.4, -0.2) is 10.0 Å². The molecule has 2 aromatic rings. The number of hydrogen-bond donors (Lipinski definition) is 1. The molecule has 20 heavy (non-hydrogen) atoms. The third kappa shape index (κ3) is 3.15. The Morgan fingerprint density at radius 1 is 1.25 bits per heavy atom.